The number of carbonyl (C=O) groups is 3. The molecule has 2 amide bonds. The van der Waals surface area contributed by atoms with E-state index in [4.69, 9.17) is 4.74 Å². The average molecular weight is 392 g/mol. The molecule has 6 nitrogen and oxygen atoms in total. The molecule has 6 heteroatoms. The van der Waals surface area contributed by atoms with Gasteiger partial charge in [-0.2, -0.15) is 0 Å². The number of nitrogens with one attached hydrogen (secondary N) is 2. The SMILES string of the molecule is CC(=O)Oc1cccc(C(=O)NCc2ccccc2NC(=O)/C=C(\C)C2CC2)c1. The third-order valence-corrected chi connectivity index (χ3v) is 4.65. The van der Waals surface area contributed by atoms with E-state index < -0.39 is 5.97 Å². The van der Waals surface area contributed by atoms with Gasteiger partial charge in [0.25, 0.3) is 5.91 Å². The van der Waals surface area contributed by atoms with Gasteiger partial charge in [-0.1, -0.05) is 29.8 Å². The first-order valence-electron chi connectivity index (χ1n) is 9.56. The second kappa shape index (κ2) is 9.19. The largest absolute Gasteiger partial charge is 0.427 e. The number of ether oxygens (including phenoxy) is 1. The number of hydrogen-bond acceptors (Lipinski definition) is 4. The first kappa shape index (κ1) is 20.3. The first-order valence-corrected chi connectivity index (χ1v) is 9.56. The fourth-order valence-corrected chi connectivity index (χ4v) is 2.97. The van der Waals surface area contributed by atoms with Crippen molar-refractivity contribution in [2.75, 3.05) is 5.32 Å². The van der Waals surface area contributed by atoms with Crippen LogP contribution >= 0.6 is 0 Å². The normalized spacial score (nSPS) is 13.5. The van der Waals surface area contributed by atoms with Crippen molar-refractivity contribution in [2.45, 2.75) is 33.2 Å². The van der Waals surface area contributed by atoms with Gasteiger partial charge < -0.3 is 15.4 Å². The van der Waals surface area contributed by atoms with Crippen molar-refractivity contribution >= 4 is 23.5 Å². The summed E-state index contributed by atoms with van der Waals surface area (Å²) in [6.45, 7) is 3.53. The molecule has 29 heavy (non-hydrogen) atoms. The van der Waals surface area contributed by atoms with E-state index in [9.17, 15) is 14.4 Å². The Bertz CT molecular complexity index is 961. The summed E-state index contributed by atoms with van der Waals surface area (Å²) in [6.07, 6.45) is 3.95. The molecule has 1 fully saturated rings. The van der Waals surface area contributed by atoms with Gasteiger partial charge in [0.2, 0.25) is 5.91 Å². The summed E-state index contributed by atoms with van der Waals surface area (Å²) in [5, 5.41) is 5.73. The van der Waals surface area contributed by atoms with Crippen LogP contribution in [0.15, 0.2) is 60.2 Å². The van der Waals surface area contributed by atoms with Gasteiger partial charge in [-0.3, -0.25) is 14.4 Å². The summed E-state index contributed by atoms with van der Waals surface area (Å²) in [5.41, 5.74) is 2.93. The zero-order valence-corrected chi connectivity index (χ0v) is 16.5. The molecule has 0 aliphatic heterocycles. The van der Waals surface area contributed by atoms with E-state index in [1.54, 1.807) is 30.3 Å². The van der Waals surface area contributed by atoms with Crippen LogP contribution in [0.2, 0.25) is 0 Å². The minimum atomic E-state index is -0.446. The lowest BCUT2D eigenvalue weighted by molar-refractivity contribution is -0.131. The summed E-state index contributed by atoms with van der Waals surface area (Å²) >= 11 is 0. The van der Waals surface area contributed by atoms with Crippen LogP contribution in [0.25, 0.3) is 0 Å². The molecule has 1 aliphatic rings. The molecule has 0 bridgehead atoms. The van der Waals surface area contributed by atoms with E-state index in [1.807, 2.05) is 25.1 Å². The van der Waals surface area contributed by atoms with Crippen molar-refractivity contribution in [3.8, 4) is 5.75 Å². The van der Waals surface area contributed by atoms with Gasteiger partial charge in [0.05, 0.1) is 0 Å². The molecule has 0 radical (unpaired) electrons. The molecule has 0 atom stereocenters. The number of para-hydroxylation sites is 1. The lowest BCUT2D eigenvalue weighted by Crippen LogP contribution is -2.23. The monoisotopic (exact) mass is 392 g/mol. The van der Waals surface area contributed by atoms with Gasteiger partial charge in [0.15, 0.2) is 0 Å². The molecule has 0 aromatic heterocycles. The fourth-order valence-electron chi connectivity index (χ4n) is 2.97. The van der Waals surface area contributed by atoms with E-state index in [-0.39, 0.29) is 18.4 Å². The summed E-state index contributed by atoms with van der Waals surface area (Å²) in [7, 11) is 0. The maximum atomic E-state index is 12.5. The molecule has 3 rings (SSSR count). The number of hydrogen-bond donors (Lipinski definition) is 2. The van der Waals surface area contributed by atoms with Crippen molar-refractivity contribution in [1.82, 2.24) is 5.32 Å². The van der Waals surface area contributed by atoms with E-state index in [1.165, 1.54) is 13.0 Å². The van der Waals surface area contributed by atoms with Gasteiger partial charge in [0.1, 0.15) is 5.75 Å². The quantitative estimate of drug-likeness (QED) is 0.426. The molecule has 2 aromatic carbocycles. The van der Waals surface area contributed by atoms with Crippen molar-refractivity contribution in [3.05, 3.63) is 71.3 Å². The third-order valence-electron chi connectivity index (χ3n) is 4.65. The molecule has 0 heterocycles. The minimum Gasteiger partial charge on any atom is -0.427 e. The van der Waals surface area contributed by atoms with Crippen LogP contribution in [-0.4, -0.2) is 17.8 Å². The highest BCUT2D eigenvalue weighted by molar-refractivity contribution is 6.00. The lowest BCUT2D eigenvalue weighted by atomic mass is 10.1. The summed E-state index contributed by atoms with van der Waals surface area (Å²) < 4.78 is 5.01. The molecule has 2 aromatic rings. The number of anilines is 1. The molecule has 1 aliphatic carbocycles. The highest BCUT2D eigenvalue weighted by atomic mass is 16.5. The number of allylic oxidation sites excluding steroid dienone is 1. The van der Waals surface area contributed by atoms with Crippen LogP contribution in [0.3, 0.4) is 0 Å². The zero-order chi connectivity index (χ0) is 20.8. The number of esters is 1. The highest BCUT2D eigenvalue weighted by Gasteiger charge is 2.23. The van der Waals surface area contributed by atoms with Crippen molar-refractivity contribution in [1.29, 1.82) is 0 Å². The Morgan fingerprint density at radius 3 is 2.55 bits per heavy atom. The third kappa shape index (κ3) is 6.04. The van der Waals surface area contributed by atoms with Crippen molar-refractivity contribution < 1.29 is 19.1 Å². The van der Waals surface area contributed by atoms with E-state index in [2.05, 4.69) is 10.6 Å². The maximum absolute atomic E-state index is 12.5. The van der Waals surface area contributed by atoms with Crippen LogP contribution in [0.4, 0.5) is 5.69 Å². The topological polar surface area (TPSA) is 84.5 Å². The Morgan fingerprint density at radius 2 is 1.83 bits per heavy atom. The highest BCUT2D eigenvalue weighted by Crippen LogP contribution is 2.35. The van der Waals surface area contributed by atoms with Gasteiger partial charge in [0, 0.05) is 30.8 Å². The van der Waals surface area contributed by atoms with Crippen LogP contribution in [0, 0.1) is 5.92 Å². The Morgan fingerprint density at radius 1 is 1.07 bits per heavy atom. The summed E-state index contributed by atoms with van der Waals surface area (Å²) in [6, 6.07) is 13.8. The minimum absolute atomic E-state index is 0.165. The Kier molecular flexibility index (Phi) is 6.44. The van der Waals surface area contributed by atoms with Crippen molar-refractivity contribution in [3.63, 3.8) is 0 Å². The second-order valence-electron chi connectivity index (χ2n) is 7.11. The van der Waals surface area contributed by atoms with Crippen molar-refractivity contribution in [2.24, 2.45) is 5.92 Å². The Hall–Kier alpha value is -3.41. The Labute approximate surface area is 170 Å². The van der Waals surface area contributed by atoms with Gasteiger partial charge in [-0.25, -0.2) is 0 Å². The van der Waals surface area contributed by atoms with E-state index in [0.29, 0.717) is 22.9 Å². The summed E-state index contributed by atoms with van der Waals surface area (Å²) in [5.74, 6) is -0.0567. The molecule has 2 N–H and O–H groups in total. The van der Waals surface area contributed by atoms with Gasteiger partial charge >= 0.3 is 5.97 Å². The molecule has 0 saturated heterocycles. The molecule has 0 spiro atoms. The molecule has 0 unspecified atom stereocenters. The van der Waals surface area contributed by atoms with Crippen LogP contribution in [0.1, 0.15) is 42.6 Å². The second-order valence-corrected chi connectivity index (χ2v) is 7.11. The van der Waals surface area contributed by atoms with Crippen LogP contribution in [0.5, 0.6) is 5.75 Å². The first-order chi connectivity index (χ1) is 13.9. The summed E-state index contributed by atoms with van der Waals surface area (Å²) in [4.78, 5) is 35.8. The number of rotatable bonds is 7. The average Bonchev–Trinajstić information content (AvgIpc) is 3.52. The lowest BCUT2D eigenvalue weighted by Gasteiger charge is -2.12. The molecule has 150 valence electrons. The molecular weight excluding hydrogens is 368 g/mol. The fraction of sp³-hybridized carbons (Fsp3) is 0.261. The Balaban J connectivity index is 1.63. The van der Waals surface area contributed by atoms with Gasteiger partial charge in [-0.05, 0) is 55.5 Å². The molecular formula is C23H24N2O4. The number of amides is 2. The van der Waals surface area contributed by atoms with Gasteiger partial charge in [-0.15, -0.1) is 0 Å². The predicted octanol–water partition coefficient (Wildman–Crippen LogP) is 3.84. The standard InChI is InChI=1S/C23H24N2O4/c1-15(17-10-11-17)12-22(27)25-21-9-4-3-6-19(21)14-24-23(28)18-7-5-8-20(13-18)29-16(2)26/h3-9,12-13,17H,10-11,14H2,1-2H3,(H,24,28)(H,25,27)/b15-12+. The number of benzene rings is 2. The van der Waals surface area contributed by atoms with E-state index in [0.717, 1.165) is 24.0 Å². The zero-order valence-electron chi connectivity index (χ0n) is 16.5. The van der Waals surface area contributed by atoms with Crippen LogP contribution < -0.4 is 15.4 Å². The molecule has 1 saturated carbocycles. The maximum Gasteiger partial charge on any atom is 0.308 e. The number of carbonyl (C=O) groups excluding carboxylic acids is 3. The van der Waals surface area contributed by atoms with Crippen LogP contribution in [-0.2, 0) is 16.1 Å². The smallest absolute Gasteiger partial charge is 0.308 e. The van der Waals surface area contributed by atoms with E-state index >= 15 is 0 Å². The predicted molar refractivity (Wildman–Crippen MR) is 110 cm³/mol.